The van der Waals surface area contributed by atoms with Gasteiger partial charge in [-0.3, -0.25) is 14.2 Å². The van der Waals surface area contributed by atoms with Crippen molar-refractivity contribution in [1.29, 1.82) is 5.26 Å². The highest BCUT2D eigenvalue weighted by Gasteiger charge is 2.19. The Balaban J connectivity index is 1.92. The maximum absolute atomic E-state index is 13.5. The lowest BCUT2D eigenvalue weighted by Gasteiger charge is -2.13. The van der Waals surface area contributed by atoms with Crippen molar-refractivity contribution < 1.29 is 9.53 Å². The van der Waals surface area contributed by atoms with E-state index in [2.05, 4.69) is 5.32 Å². The lowest BCUT2D eigenvalue weighted by atomic mass is 10.1. The van der Waals surface area contributed by atoms with Crippen LogP contribution in [0.15, 0.2) is 89.7 Å². The molecule has 4 rings (SSSR count). The zero-order valence-electron chi connectivity index (χ0n) is 19.3. The molecule has 1 N–H and O–H groups in total. The number of ether oxygens (including phenoxy) is 1. The number of para-hydroxylation sites is 2. The highest BCUT2D eigenvalue weighted by molar-refractivity contribution is 7.07. The fourth-order valence-electron chi connectivity index (χ4n) is 3.68. The van der Waals surface area contributed by atoms with Crippen LogP contribution in [0, 0.1) is 11.3 Å². The number of hydrogen-bond acceptors (Lipinski definition) is 5. The van der Waals surface area contributed by atoms with Gasteiger partial charge in [0.05, 0.1) is 23.4 Å². The molecule has 0 saturated heterocycles. The molecule has 174 valence electrons. The molecular formula is C28H23N3O3S. The van der Waals surface area contributed by atoms with Crippen LogP contribution < -0.4 is 24.8 Å². The number of amides is 1. The number of methoxy groups -OCH3 is 1. The Kier molecular flexibility index (Phi) is 7.24. The van der Waals surface area contributed by atoms with Gasteiger partial charge >= 0.3 is 0 Å². The van der Waals surface area contributed by atoms with E-state index >= 15 is 0 Å². The average Bonchev–Trinajstić information content (AvgIpc) is 3.21. The largest absolute Gasteiger partial charge is 0.496 e. The van der Waals surface area contributed by atoms with Gasteiger partial charge in [0.25, 0.3) is 11.5 Å². The molecule has 1 atom stereocenters. The monoisotopic (exact) mass is 481 g/mol. The van der Waals surface area contributed by atoms with E-state index in [1.54, 1.807) is 43.5 Å². The van der Waals surface area contributed by atoms with E-state index in [4.69, 9.17) is 4.74 Å². The standard InChI is InChI=1S/C28H23N3O3S/c1-19(20-11-5-3-6-12-20)30-26(32)23(18-29)28-31(22-14-7-4-8-15-22)27(33)25(35-28)17-21-13-9-10-16-24(21)34-2/h3-17,19H,1-2H3,(H,30,32)/b25-17+,28-23-/t19-/m0/s1. The molecule has 3 aromatic carbocycles. The molecule has 0 aliphatic rings. The molecule has 4 aromatic rings. The van der Waals surface area contributed by atoms with Crippen LogP contribution in [0.25, 0.3) is 17.3 Å². The number of carbonyl (C=O) groups excluding carboxylic acids is 1. The molecular weight excluding hydrogens is 458 g/mol. The first-order chi connectivity index (χ1) is 17.0. The number of nitriles is 1. The topological polar surface area (TPSA) is 84.1 Å². The van der Waals surface area contributed by atoms with E-state index in [1.807, 2.05) is 67.6 Å². The summed E-state index contributed by atoms with van der Waals surface area (Å²) in [6.07, 6.45) is 1.72. The van der Waals surface area contributed by atoms with Gasteiger partial charge in [0.2, 0.25) is 0 Å². The van der Waals surface area contributed by atoms with E-state index in [1.165, 1.54) is 4.57 Å². The van der Waals surface area contributed by atoms with Gasteiger partial charge in [-0.15, -0.1) is 11.3 Å². The van der Waals surface area contributed by atoms with Crippen LogP contribution in [0.1, 0.15) is 24.1 Å². The zero-order chi connectivity index (χ0) is 24.8. The summed E-state index contributed by atoms with van der Waals surface area (Å²) in [6.45, 7) is 1.85. The SMILES string of the molecule is COc1ccccc1/C=c1/s/c(=C(/C#N)C(=O)N[C@@H](C)c2ccccc2)n(-c2ccccc2)c1=O. The van der Waals surface area contributed by atoms with Crippen molar-refractivity contribution >= 4 is 28.9 Å². The summed E-state index contributed by atoms with van der Waals surface area (Å²) >= 11 is 1.10. The van der Waals surface area contributed by atoms with Gasteiger partial charge in [-0.25, -0.2) is 0 Å². The third kappa shape index (κ3) is 5.08. The van der Waals surface area contributed by atoms with Gasteiger partial charge in [-0.2, -0.15) is 5.26 Å². The number of rotatable bonds is 6. The fraction of sp³-hybridized carbons (Fsp3) is 0.107. The second kappa shape index (κ2) is 10.7. The summed E-state index contributed by atoms with van der Waals surface area (Å²) in [5, 5.41) is 12.9. The number of carbonyl (C=O) groups is 1. The number of benzene rings is 3. The van der Waals surface area contributed by atoms with Crippen LogP contribution in [-0.4, -0.2) is 17.6 Å². The predicted octanol–water partition coefficient (Wildman–Crippen LogP) is 3.29. The minimum atomic E-state index is -0.543. The Morgan fingerprint density at radius 1 is 1.03 bits per heavy atom. The Hall–Kier alpha value is -4.41. The van der Waals surface area contributed by atoms with Gasteiger partial charge < -0.3 is 10.1 Å². The molecule has 0 aliphatic heterocycles. The van der Waals surface area contributed by atoms with Crippen molar-refractivity contribution in [2.45, 2.75) is 13.0 Å². The van der Waals surface area contributed by atoms with E-state index in [9.17, 15) is 14.9 Å². The number of aromatic nitrogens is 1. The van der Waals surface area contributed by atoms with Gasteiger partial charge in [0.1, 0.15) is 16.5 Å². The summed E-state index contributed by atoms with van der Waals surface area (Å²) in [5.41, 5.74) is 1.76. The molecule has 1 heterocycles. The summed E-state index contributed by atoms with van der Waals surface area (Å²) in [4.78, 5) is 26.7. The molecule has 0 bridgehead atoms. The Labute approximate surface area is 206 Å². The highest BCUT2D eigenvalue weighted by atomic mass is 32.1. The van der Waals surface area contributed by atoms with E-state index < -0.39 is 5.91 Å². The molecule has 0 radical (unpaired) electrons. The normalized spacial score (nSPS) is 13.0. The van der Waals surface area contributed by atoms with E-state index in [0.29, 0.717) is 16.0 Å². The lowest BCUT2D eigenvalue weighted by Crippen LogP contribution is -2.34. The minimum Gasteiger partial charge on any atom is -0.496 e. The molecule has 0 spiro atoms. The first kappa shape index (κ1) is 23.7. The van der Waals surface area contributed by atoms with Gasteiger partial charge in [-0.1, -0.05) is 66.7 Å². The molecule has 1 aromatic heterocycles. The number of nitrogens with zero attached hydrogens (tertiary/aromatic N) is 2. The van der Waals surface area contributed by atoms with Gasteiger partial charge in [-0.05, 0) is 36.8 Å². The van der Waals surface area contributed by atoms with Crippen LogP contribution in [0.5, 0.6) is 5.75 Å². The number of hydrogen-bond donors (Lipinski definition) is 1. The molecule has 0 saturated carbocycles. The smallest absolute Gasteiger partial charge is 0.273 e. The summed E-state index contributed by atoms with van der Waals surface area (Å²) in [7, 11) is 1.56. The van der Waals surface area contributed by atoms with Crippen molar-refractivity contribution in [3.05, 3.63) is 116 Å². The minimum absolute atomic E-state index is 0.126. The predicted molar refractivity (Wildman–Crippen MR) is 138 cm³/mol. The van der Waals surface area contributed by atoms with Crippen molar-refractivity contribution in [2.75, 3.05) is 7.11 Å². The summed E-state index contributed by atoms with van der Waals surface area (Å²) in [6, 6.07) is 27.5. The lowest BCUT2D eigenvalue weighted by molar-refractivity contribution is -0.116. The third-order valence-electron chi connectivity index (χ3n) is 5.46. The molecule has 0 fully saturated rings. The van der Waals surface area contributed by atoms with E-state index in [0.717, 1.165) is 22.5 Å². The molecule has 0 aliphatic carbocycles. The maximum Gasteiger partial charge on any atom is 0.273 e. The molecule has 35 heavy (non-hydrogen) atoms. The Morgan fingerprint density at radius 2 is 1.66 bits per heavy atom. The summed E-state index contributed by atoms with van der Waals surface area (Å²) in [5.74, 6) is 0.0747. The van der Waals surface area contributed by atoms with Crippen LogP contribution >= 0.6 is 11.3 Å². The van der Waals surface area contributed by atoms with Crippen LogP contribution in [0.3, 0.4) is 0 Å². The quantitative estimate of drug-likeness (QED) is 0.458. The van der Waals surface area contributed by atoms with Gasteiger partial charge in [0.15, 0.2) is 5.57 Å². The second-order valence-electron chi connectivity index (χ2n) is 7.73. The highest BCUT2D eigenvalue weighted by Crippen LogP contribution is 2.17. The maximum atomic E-state index is 13.5. The van der Waals surface area contributed by atoms with Crippen molar-refractivity contribution in [1.82, 2.24) is 9.88 Å². The first-order valence-electron chi connectivity index (χ1n) is 11.0. The number of thiazole rings is 1. The van der Waals surface area contributed by atoms with Crippen molar-refractivity contribution in [3.8, 4) is 17.5 Å². The molecule has 0 unspecified atom stereocenters. The van der Waals surface area contributed by atoms with Crippen molar-refractivity contribution in [3.63, 3.8) is 0 Å². The summed E-state index contributed by atoms with van der Waals surface area (Å²) < 4.78 is 7.47. The number of nitrogens with one attached hydrogen (secondary N) is 1. The van der Waals surface area contributed by atoms with Crippen LogP contribution in [0.4, 0.5) is 0 Å². The van der Waals surface area contributed by atoms with Gasteiger partial charge in [0, 0.05) is 5.56 Å². The zero-order valence-corrected chi connectivity index (χ0v) is 20.1. The fourth-order valence-corrected chi connectivity index (χ4v) is 4.77. The Bertz CT molecular complexity index is 1570. The third-order valence-corrected chi connectivity index (χ3v) is 6.56. The van der Waals surface area contributed by atoms with E-state index in [-0.39, 0.29) is 21.8 Å². The van der Waals surface area contributed by atoms with Crippen molar-refractivity contribution in [2.24, 2.45) is 0 Å². The average molecular weight is 482 g/mol. The second-order valence-corrected chi connectivity index (χ2v) is 8.76. The molecule has 6 nitrogen and oxygen atoms in total. The molecule has 7 heteroatoms. The first-order valence-corrected chi connectivity index (χ1v) is 11.8. The van der Waals surface area contributed by atoms with Crippen LogP contribution in [0.2, 0.25) is 0 Å². The Morgan fingerprint density at radius 3 is 2.31 bits per heavy atom. The molecule has 1 amide bonds. The van der Waals surface area contributed by atoms with Crippen LogP contribution in [-0.2, 0) is 4.79 Å².